The van der Waals surface area contributed by atoms with E-state index in [0.29, 0.717) is 0 Å². The van der Waals surface area contributed by atoms with E-state index in [1.165, 1.54) is 31.5 Å². The number of amidine groups is 1. The van der Waals surface area contributed by atoms with E-state index in [1.807, 2.05) is 0 Å². The van der Waals surface area contributed by atoms with Gasteiger partial charge < -0.3 is 5.11 Å². The Labute approximate surface area is 112 Å². The lowest BCUT2D eigenvalue weighted by Crippen LogP contribution is -2.52. The predicted octanol–water partition coefficient (Wildman–Crippen LogP) is 2.75. The highest BCUT2D eigenvalue weighted by Gasteiger charge is 2.34. The van der Waals surface area contributed by atoms with Crippen LogP contribution in [0.3, 0.4) is 0 Å². The molecule has 0 radical (unpaired) electrons. The lowest BCUT2D eigenvalue weighted by molar-refractivity contribution is -0.834. The van der Waals surface area contributed by atoms with Crippen molar-refractivity contribution in [1.29, 1.82) is 0 Å². The molecule has 0 aromatic carbocycles. The minimum Gasteiger partial charge on any atom is -0.390 e. The summed E-state index contributed by atoms with van der Waals surface area (Å²) < 4.78 is 0.899. The van der Waals surface area contributed by atoms with Crippen LogP contribution < -0.4 is 0 Å². The molecule has 0 bridgehead atoms. The van der Waals surface area contributed by atoms with E-state index >= 15 is 0 Å². The highest BCUT2D eigenvalue weighted by atomic mass is 16.3. The molecule has 1 aliphatic rings. The van der Waals surface area contributed by atoms with Crippen LogP contribution in [-0.4, -0.2) is 48.2 Å². The molecule has 0 aromatic heterocycles. The Balaban J connectivity index is 2.40. The van der Waals surface area contributed by atoms with Gasteiger partial charge in [0.05, 0.1) is 26.1 Å². The van der Waals surface area contributed by atoms with Crippen molar-refractivity contribution in [2.45, 2.75) is 46.0 Å². The van der Waals surface area contributed by atoms with Gasteiger partial charge in [-0.1, -0.05) is 31.9 Å². The number of aliphatic hydroxyl groups excluding tert-OH is 1. The fourth-order valence-corrected chi connectivity index (χ4v) is 2.66. The first-order chi connectivity index (χ1) is 8.79. The van der Waals surface area contributed by atoms with Crippen molar-refractivity contribution in [1.82, 2.24) is 0 Å². The molecule has 3 heteroatoms. The highest BCUT2D eigenvalue weighted by Crippen LogP contribution is 2.17. The molecule has 0 aliphatic carbocycles. The van der Waals surface area contributed by atoms with Crippen molar-refractivity contribution < 1.29 is 9.59 Å². The van der Waals surface area contributed by atoms with Gasteiger partial charge in [0.1, 0.15) is 13.1 Å². The predicted molar refractivity (Wildman–Crippen MR) is 77.8 cm³/mol. The van der Waals surface area contributed by atoms with Crippen LogP contribution in [0.1, 0.15) is 46.0 Å². The molecule has 0 aromatic rings. The Kier molecular flexibility index (Phi) is 7.21. The molecular weight excluding hydrogens is 224 g/mol. The van der Waals surface area contributed by atoms with Crippen molar-refractivity contribution in [3.8, 4) is 0 Å². The monoisotopic (exact) mass is 253 g/mol. The summed E-state index contributed by atoms with van der Waals surface area (Å²) >= 11 is 0. The maximum Gasteiger partial charge on any atom is 0.202 e. The van der Waals surface area contributed by atoms with Gasteiger partial charge in [0.15, 0.2) is 0 Å². The topological polar surface area (TPSA) is 32.6 Å². The summed E-state index contributed by atoms with van der Waals surface area (Å²) in [5.74, 6) is 1.26. The third-order valence-corrected chi connectivity index (χ3v) is 3.94. The molecule has 0 amide bonds. The summed E-state index contributed by atoms with van der Waals surface area (Å²) in [6.45, 7) is 8.54. The zero-order chi connectivity index (χ0) is 13.3. The molecule has 1 N–H and O–H groups in total. The standard InChI is InChI=1S/C15H29N2O/c1-3-5-6-7-8-9-10-15-16-11-12-17(15,4-2)13-14-18/h8-9,18H,3-7,10-14H2,1-2H3/q+1/b9-8+. The molecule has 1 unspecified atom stereocenters. The summed E-state index contributed by atoms with van der Waals surface area (Å²) in [7, 11) is 0. The Hall–Kier alpha value is -0.670. The van der Waals surface area contributed by atoms with E-state index in [1.54, 1.807) is 0 Å². The summed E-state index contributed by atoms with van der Waals surface area (Å²) in [6, 6.07) is 0. The first-order valence-corrected chi connectivity index (χ1v) is 7.45. The Morgan fingerprint density at radius 2 is 2.11 bits per heavy atom. The van der Waals surface area contributed by atoms with E-state index in [4.69, 9.17) is 0 Å². The molecule has 1 aliphatic heterocycles. The summed E-state index contributed by atoms with van der Waals surface area (Å²) in [6.07, 6.45) is 10.6. The number of hydrogen-bond acceptors (Lipinski definition) is 2. The molecule has 1 heterocycles. The van der Waals surface area contributed by atoms with Crippen LogP contribution in [0.4, 0.5) is 0 Å². The van der Waals surface area contributed by atoms with Crippen molar-refractivity contribution in [3.05, 3.63) is 12.2 Å². The van der Waals surface area contributed by atoms with Gasteiger partial charge in [-0.15, -0.1) is 0 Å². The second kappa shape index (κ2) is 8.44. The van der Waals surface area contributed by atoms with Crippen molar-refractivity contribution in [2.24, 2.45) is 4.99 Å². The number of allylic oxidation sites excluding steroid dienone is 1. The van der Waals surface area contributed by atoms with Crippen molar-refractivity contribution in [3.63, 3.8) is 0 Å². The maximum atomic E-state index is 9.22. The quantitative estimate of drug-likeness (QED) is 0.382. The second-order valence-electron chi connectivity index (χ2n) is 5.10. The fourth-order valence-electron chi connectivity index (χ4n) is 2.66. The third kappa shape index (κ3) is 4.21. The highest BCUT2D eigenvalue weighted by molar-refractivity contribution is 5.78. The minimum atomic E-state index is 0.257. The van der Waals surface area contributed by atoms with Gasteiger partial charge in [-0.3, -0.25) is 4.48 Å². The molecular formula is C15H29N2O+. The van der Waals surface area contributed by atoms with Crippen molar-refractivity contribution >= 4 is 5.84 Å². The van der Waals surface area contributed by atoms with Gasteiger partial charge in [-0.2, -0.15) is 0 Å². The Bertz CT molecular complexity index is 286. The Morgan fingerprint density at radius 1 is 1.28 bits per heavy atom. The number of aliphatic hydroxyl groups is 1. The number of unbranched alkanes of at least 4 members (excludes halogenated alkanes) is 3. The van der Waals surface area contributed by atoms with Gasteiger partial charge in [0, 0.05) is 0 Å². The number of nitrogens with zero attached hydrogens (tertiary/aromatic N) is 2. The van der Waals surface area contributed by atoms with E-state index in [9.17, 15) is 5.11 Å². The van der Waals surface area contributed by atoms with Crippen molar-refractivity contribution in [2.75, 3.05) is 32.8 Å². The SMILES string of the molecule is CCCCC/C=C/CC1=NCC[N+]1(CC)CCO. The zero-order valence-electron chi connectivity index (χ0n) is 12.1. The molecule has 0 saturated heterocycles. The molecule has 18 heavy (non-hydrogen) atoms. The molecule has 104 valence electrons. The van der Waals surface area contributed by atoms with Crippen LogP contribution in [0, 0.1) is 0 Å². The second-order valence-corrected chi connectivity index (χ2v) is 5.10. The molecule has 1 rings (SSSR count). The van der Waals surface area contributed by atoms with Gasteiger partial charge in [-0.25, -0.2) is 4.99 Å². The Morgan fingerprint density at radius 3 is 2.78 bits per heavy atom. The van der Waals surface area contributed by atoms with Crippen LogP contribution >= 0.6 is 0 Å². The first kappa shape index (κ1) is 15.4. The first-order valence-electron chi connectivity index (χ1n) is 7.45. The van der Waals surface area contributed by atoms with Crippen LogP contribution in [0.2, 0.25) is 0 Å². The lowest BCUT2D eigenvalue weighted by Gasteiger charge is -2.32. The normalized spacial score (nSPS) is 23.8. The van der Waals surface area contributed by atoms with Crippen LogP contribution in [0.5, 0.6) is 0 Å². The number of quaternary nitrogens is 1. The molecule has 0 fully saturated rings. The number of hydrogen-bond donors (Lipinski definition) is 1. The largest absolute Gasteiger partial charge is 0.390 e. The smallest absolute Gasteiger partial charge is 0.202 e. The summed E-state index contributed by atoms with van der Waals surface area (Å²) in [5, 5.41) is 9.22. The molecule has 3 nitrogen and oxygen atoms in total. The van der Waals surface area contributed by atoms with Crippen LogP contribution in [0.15, 0.2) is 17.1 Å². The maximum absolute atomic E-state index is 9.22. The molecule has 0 spiro atoms. The summed E-state index contributed by atoms with van der Waals surface area (Å²) in [4.78, 5) is 4.64. The third-order valence-electron chi connectivity index (χ3n) is 3.94. The number of rotatable bonds is 9. The zero-order valence-corrected chi connectivity index (χ0v) is 12.1. The van der Waals surface area contributed by atoms with Gasteiger partial charge in [0.2, 0.25) is 5.84 Å². The van der Waals surface area contributed by atoms with Crippen LogP contribution in [0.25, 0.3) is 0 Å². The fraction of sp³-hybridized carbons (Fsp3) is 0.800. The van der Waals surface area contributed by atoms with Gasteiger partial charge in [0.25, 0.3) is 0 Å². The van der Waals surface area contributed by atoms with E-state index in [0.717, 1.165) is 37.1 Å². The van der Waals surface area contributed by atoms with E-state index in [-0.39, 0.29) is 6.61 Å². The van der Waals surface area contributed by atoms with E-state index in [2.05, 4.69) is 31.0 Å². The van der Waals surface area contributed by atoms with Gasteiger partial charge >= 0.3 is 0 Å². The molecule has 1 atom stereocenters. The lowest BCUT2D eigenvalue weighted by atomic mass is 10.2. The van der Waals surface area contributed by atoms with E-state index < -0.39 is 0 Å². The number of aliphatic imine (C=N–C) groups is 1. The average Bonchev–Trinajstić information content (AvgIpc) is 2.78. The average molecular weight is 253 g/mol. The van der Waals surface area contributed by atoms with Crippen LogP contribution in [-0.2, 0) is 0 Å². The number of likely N-dealkylation sites (N-methyl/N-ethyl adjacent to an activating group) is 1. The minimum absolute atomic E-state index is 0.257. The summed E-state index contributed by atoms with van der Waals surface area (Å²) in [5.41, 5.74) is 0. The van der Waals surface area contributed by atoms with Gasteiger partial charge in [-0.05, 0) is 19.8 Å². The molecule has 0 saturated carbocycles.